The summed E-state index contributed by atoms with van der Waals surface area (Å²) in [6.45, 7) is 7.89. The molecule has 0 N–H and O–H groups in total. The Labute approximate surface area is 213 Å². The predicted octanol–water partition coefficient (Wildman–Crippen LogP) is 6.82. The minimum absolute atomic E-state index is 0.0170. The number of methoxy groups -OCH3 is 1. The third-order valence-electron chi connectivity index (χ3n) is 7.82. The van der Waals surface area contributed by atoms with Gasteiger partial charge in [-0.3, -0.25) is 14.6 Å². The Hall–Kier alpha value is -3.53. The lowest BCUT2D eigenvalue weighted by Gasteiger charge is -2.32. The smallest absolute Gasteiger partial charge is 0.165 e. The number of ketones is 2. The Morgan fingerprint density at radius 1 is 1.06 bits per heavy atom. The summed E-state index contributed by atoms with van der Waals surface area (Å²) in [7, 11) is 1.65. The summed E-state index contributed by atoms with van der Waals surface area (Å²) < 4.78 is 5.82. The number of Topliss-reactive ketones (excluding diaryl/α,β-unsaturated/α-hetero) is 2. The molecule has 2 aliphatic rings. The molecule has 3 aromatic carbocycles. The van der Waals surface area contributed by atoms with Crippen molar-refractivity contribution in [2.75, 3.05) is 7.11 Å². The van der Waals surface area contributed by atoms with Gasteiger partial charge in [-0.15, -0.1) is 0 Å². The average Bonchev–Trinajstić information content (AvgIpc) is 3.16. The summed E-state index contributed by atoms with van der Waals surface area (Å²) in [5, 5.41) is 2.07. The van der Waals surface area contributed by atoms with Crippen molar-refractivity contribution in [3.05, 3.63) is 88.6 Å². The van der Waals surface area contributed by atoms with Gasteiger partial charge in [0.2, 0.25) is 0 Å². The summed E-state index contributed by atoms with van der Waals surface area (Å²) in [4.78, 5) is 31.9. The molecule has 36 heavy (non-hydrogen) atoms. The van der Waals surface area contributed by atoms with Crippen LogP contribution >= 0.6 is 0 Å². The van der Waals surface area contributed by atoms with Crippen LogP contribution in [0.25, 0.3) is 10.8 Å². The second-order valence-electron chi connectivity index (χ2n) is 10.4. The van der Waals surface area contributed by atoms with Crippen LogP contribution in [0, 0.1) is 11.8 Å². The molecule has 0 amide bonds. The second-order valence-corrected chi connectivity index (χ2v) is 10.4. The molecular weight excluding hydrogens is 446 g/mol. The van der Waals surface area contributed by atoms with Gasteiger partial charge in [0.1, 0.15) is 11.5 Å². The molecule has 0 aromatic heterocycles. The third kappa shape index (κ3) is 4.09. The highest BCUT2D eigenvalue weighted by atomic mass is 16.5. The largest absolute Gasteiger partial charge is 0.496 e. The van der Waals surface area contributed by atoms with E-state index in [1.807, 2.05) is 31.2 Å². The first-order valence-corrected chi connectivity index (χ1v) is 12.8. The van der Waals surface area contributed by atoms with Gasteiger partial charge in [0.15, 0.2) is 5.78 Å². The van der Waals surface area contributed by atoms with E-state index in [0.29, 0.717) is 30.1 Å². The van der Waals surface area contributed by atoms with Crippen LogP contribution in [0.3, 0.4) is 0 Å². The van der Waals surface area contributed by atoms with Crippen molar-refractivity contribution < 1.29 is 14.3 Å². The molecule has 0 radical (unpaired) electrons. The Morgan fingerprint density at radius 2 is 1.78 bits per heavy atom. The monoisotopic (exact) mass is 479 g/mol. The van der Waals surface area contributed by atoms with Crippen molar-refractivity contribution >= 4 is 28.1 Å². The molecule has 1 aliphatic heterocycles. The van der Waals surface area contributed by atoms with Crippen LogP contribution in [0.5, 0.6) is 5.75 Å². The minimum Gasteiger partial charge on any atom is -0.496 e. The topological polar surface area (TPSA) is 55.7 Å². The van der Waals surface area contributed by atoms with E-state index in [1.165, 1.54) is 5.56 Å². The van der Waals surface area contributed by atoms with Gasteiger partial charge in [-0.25, -0.2) is 0 Å². The number of aliphatic imine (C=N–C) groups is 1. The van der Waals surface area contributed by atoms with E-state index in [0.717, 1.165) is 33.3 Å². The summed E-state index contributed by atoms with van der Waals surface area (Å²) in [5.41, 5.74) is 5.66. The van der Waals surface area contributed by atoms with Gasteiger partial charge >= 0.3 is 0 Å². The molecule has 0 spiro atoms. The molecule has 1 aliphatic carbocycles. The fraction of sp³-hybridized carbons (Fsp3) is 0.344. The normalized spacial score (nSPS) is 21.7. The van der Waals surface area contributed by atoms with E-state index < -0.39 is 11.8 Å². The molecule has 0 bridgehead atoms. The second kappa shape index (κ2) is 9.50. The van der Waals surface area contributed by atoms with Gasteiger partial charge in [0, 0.05) is 40.8 Å². The van der Waals surface area contributed by atoms with E-state index in [4.69, 9.17) is 9.73 Å². The number of benzene rings is 3. The predicted molar refractivity (Wildman–Crippen MR) is 145 cm³/mol. The Bertz CT molecular complexity index is 1410. The number of nitrogens with zero attached hydrogens (tertiary/aromatic N) is 1. The number of rotatable bonds is 6. The Balaban J connectivity index is 1.60. The molecule has 4 nitrogen and oxygen atoms in total. The van der Waals surface area contributed by atoms with Crippen molar-refractivity contribution in [3.63, 3.8) is 0 Å². The van der Waals surface area contributed by atoms with Crippen LogP contribution < -0.4 is 4.74 Å². The standard InChI is InChI=1S/C32H33NO3/c1-18(2)22-12-10-21(11-13-22)16-24-17-26-30(32(24)35)31(28(20(4)34)19(3)33-26)29-25-9-7-6-8-23(25)14-15-27(29)36-5/h6-15,18,24,28,31H,16-17H2,1-5H3. The number of carbonyl (C=O) groups excluding carboxylic acids is 2. The third-order valence-corrected chi connectivity index (χ3v) is 7.82. The van der Waals surface area contributed by atoms with Crippen LogP contribution in [0.1, 0.15) is 62.6 Å². The maximum atomic E-state index is 14.0. The highest BCUT2D eigenvalue weighted by molar-refractivity contribution is 6.12. The first kappa shape index (κ1) is 24.2. The highest BCUT2D eigenvalue weighted by Crippen LogP contribution is 2.50. The van der Waals surface area contributed by atoms with Crippen molar-refractivity contribution in [2.45, 2.75) is 52.4 Å². The number of hydrogen-bond donors (Lipinski definition) is 0. The molecule has 0 saturated carbocycles. The van der Waals surface area contributed by atoms with E-state index in [-0.39, 0.29) is 17.5 Å². The summed E-state index contributed by atoms with van der Waals surface area (Å²) in [5.74, 6) is 0.230. The minimum atomic E-state index is -0.489. The fourth-order valence-corrected chi connectivity index (χ4v) is 6.03. The maximum absolute atomic E-state index is 14.0. The first-order chi connectivity index (χ1) is 17.3. The Morgan fingerprint density at radius 3 is 2.44 bits per heavy atom. The van der Waals surface area contributed by atoms with Crippen LogP contribution in [0.2, 0.25) is 0 Å². The number of fused-ring (bicyclic) bond motifs is 1. The first-order valence-electron chi connectivity index (χ1n) is 12.8. The van der Waals surface area contributed by atoms with Crippen LogP contribution in [0.4, 0.5) is 0 Å². The lowest BCUT2D eigenvalue weighted by atomic mass is 9.72. The zero-order chi connectivity index (χ0) is 25.6. The van der Waals surface area contributed by atoms with Gasteiger partial charge in [0.05, 0.1) is 13.0 Å². The van der Waals surface area contributed by atoms with Crippen molar-refractivity contribution in [2.24, 2.45) is 16.8 Å². The van der Waals surface area contributed by atoms with Crippen molar-refractivity contribution in [1.82, 2.24) is 0 Å². The van der Waals surface area contributed by atoms with Gasteiger partial charge in [-0.2, -0.15) is 0 Å². The molecule has 3 unspecified atom stereocenters. The van der Waals surface area contributed by atoms with Gasteiger partial charge in [0.25, 0.3) is 0 Å². The van der Waals surface area contributed by atoms with Crippen LogP contribution in [-0.2, 0) is 16.0 Å². The molecule has 184 valence electrons. The van der Waals surface area contributed by atoms with Gasteiger partial charge in [-0.05, 0) is 54.2 Å². The zero-order valence-corrected chi connectivity index (χ0v) is 21.7. The molecule has 3 atom stereocenters. The van der Waals surface area contributed by atoms with Gasteiger partial charge in [-0.1, -0.05) is 68.4 Å². The van der Waals surface area contributed by atoms with Gasteiger partial charge < -0.3 is 4.74 Å². The summed E-state index contributed by atoms with van der Waals surface area (Å²) in [6, 6.07) is 20.7. The van der Waals surface area contributed by atoms with Crippen molar-refractivity contribution in [3.8, 4) is 5.75 Å². The number of carbonyl (C=O) groups is 2. The molecular formula is C32H33NO3. The SMILES string of the molecule is COc1ccc2ccccc2c1C1C2=C(CC(Cc3ccc(C(C)C)cc3)C2=O)N=C(C)C1C(C)=O. The molecule has 0 saturated heterocycles. The van der Waals surface area contributed by atoms with Crippen molar-refractivity contribution in [1.29, 1.82) is 0 Å². The average molecular weight is 480 g/mol. The summed E-state index contributed by atoms with van der Waals surface area (Å²) >= 11 is 0. The Kier molecular flexibility index (Phi) is 6.38. The molecule has 5 rings (SSSR count). The van der Waals surface area contributed by atoms with E-state index in [2.05, 4.69) is 50.2 Å². The molecule has 4 heteroatoms. The van der Waals surface area contributed by atoms with E-state index >= 15 is 0 Å². The highest BCUT2D eigenvalue weighted by Gasteiger charge is 2.46. The van der Waals surface area contributed by atoms with E-state index in [1.54, 1.807) is 14.0 Å². The number of hydrogen-bond acceptors (Lipinski definition) is 4. The maximum Gasteiger partial charge on any atom is 0.165 e. The zero-order valence-electron chi connectivity index (χ0n) is 21.7. The number of allylic oxidation sites excluding steroid dienone is 2. The van der Waals surface area contributed by atoms with E-state index in [9.17, 15) is 9.59 Å². The molecule has 1 heterocycles. The quantitative estimate of drug-likeness (QED) is 0.390. The molecule has 0 fully saturated rings. The fourth-order valence-electron chi connectivity index (χ4n) is 6.03. The molecule has 3 aromatic rings. The van der Waals surface area contributed by atoms with Crippen LogP contribution in [-0.4, -0.2) is 24.4 Å². The lowest BCUT2D eigenvalue weighted by Crippen LogP contribution is -2.33. The number of ether oxygens (including phenoxy) is 1. The lowest BCUT2D eigenvalue weighted by molar-refractivity contribution is -0.120. The summed E-state index contributed by atoms with van der Waals surface area (Å²) in [6.07, 6.45) is 1.27. The van der Waals surface area contributed by atoms with Crippen LogP contribution in [0.15, 0.2) is 76.9 Å².